The van der Waals surface area contributed by atoms with Crippen LogP contribution < -0.4 is 5.32 Å². The highest BCUT2D eigenvalue weighted by atomic mass is 15.2. The lowest BCUT2D eigenvalue weighted by Gasteiger charge is -2.22. The molecule has 1 rings (SSSR count). The fourth-order valence-electron chi connectivity index (χ4n) is 1.33. The smallest absolute Gasteiger partial charge is 0.119 e. The summed E-state index contributed by atoms with van der Waals surface area (Å²) in [5.41, 5.74) is 0. The van der Waals surface area contributed by atoms with Crippen LogP contribution in [-0.4, -0.2) is 26.8 Å². The molecule has 0 saturated heterocycles. The fraction of sp³-hybridized carbons (Fsp3) is 0.800. The zero-order valence-electron chi connectivity index (χ0n) is 9.44. The summed E-state index contributed by atoms with van der Waals surface area (Å²) in [6, 6.07) is 0.991. The maximum absolute atomic E-state index is 3.77. The molecule has 0 bridgehead atoms. The minimum absolute atomic E-state index is 0.448. The maximum atomic E-state index is 3.77. The minimum atomic E-state index is 0.448. The van der Waals surface area contributed by atoms with Gasteiger partial charge in [-0.15, -0.1) is 10.2 Å². The van der Waals surface area contributed by atoms with E-state index in [1.54, 1.807) is 12.7 Å². The molecular formula is C10H20N4. The first kappa shape index (κ1) is 11.2. The van der Waals surface area contributed by atoms with Crippen molar-refractivity contribution < 1.29 is 0 Å². The Hall–Kier alpha value is -0.900. The SMILES string of the molecule is CC(Cn1cnnc1)NC(C)C(C)C. The van der Waals surface area contributed by atoms with Crippen molar-refractivity contribution in [3.8, 4) is 0 Å². The summed E-state index contributed by atoms with van der Waals surface area (Å²) in [5, 5.41) is 11.1. The zero-order chi connectivity index (χ0) is 10.6. The summed E-state index contributed by atoms with van der Waals surface area (Å²) in [6.45, 7) is 9.77. The number of hydrogen-bond acceptors (Lipinski definition) is 3. The van der Waals surface area contributed by atoms with Crippen LogP contribution in [0.4, 0.5) is 0 Å². The first-order chi connectivity index (χ1) is 6.59. The van der Waals surface area contributed by atoms with E-state index >= 15 is 0 Å². The summed E-state index contributed by atoms with van der Waals surface area (Å²) < 4.78 is 1.99. The van der Waals surface area contributed by atoms with Gasteiger partial charge in [-0.05, 0) is 19.8 Å². The average Bonchev–Trinajstić information content (AvgIpc) is 2.56. The predicted molar refractivity (Wildman–Crippen MR) is 56.9 cm³/mol. The molecule has 1 heterocycles. The zero-order valence-corrected chi connectivity index (χ0v) is 9.44. The van der Waals surface area contributed by atoms with E-state index in [1.807, 2.05) is 4.57 Å². The van der Waals surface area contributed by atoms with Crippen LogP contribution in [0.15, 0.2) is 12.7 Å². The molecule has 0 aliphatic heterocycles. The van der Waals surface area contributed by atoms with Crippen molar-refractivity contribution in [3.63, 3.8) is 0 Å². The van der Waals surface area contributed by atoms with E-state index in [9.17, 15) is 0 Å². The van der Waals surface area contributed by atoms with Crippen LogP contribution in [0.2, 0.25) is 0 Å². The second-order valence-electron chi connectivity index (χ2n) is 4.26. The Morgan fingerprint density at radius 2 is 1.71 bits per heavy atom. The summed E-state index contributed by atoms with van der Waals surface area (Å²) in [7, 11) is 0. The lowest BCUT2D eigenvalue weighted by atomic mass is 10.1. The van der Waals surface area contributed by atoms with E-state index in [4.69, 9.17) is 0 Å². The molecule has 0 saturated carbocycles. The Balaban J connectivity index is 2.32. The Kier molecular flexibility index (Phi) is 4.07. The van der Waals surface area contributed by atoms with Gasteiger partial charge in [0, 0.05) is 18.6 Å². The van der Waals surface area contributed by atoms with Gasteiger partial charge < -0.3 is 9.88 Å². The van der Waals surface area contributed by atoms with Crippen LogP contribution in [0.25, 0.3) is 0 Å². The highest BCUT2D eigenvalue weighted by Gasteiger charge is 2.10. The fourth-order valence-corrected chi connectivity index (χ4v) is 1.33. The van der Waals surface area contributed by atoms with Crippen molar-refractivity contribution in [3.05, 3.63) is 12.7 Å². The normalized spacial score (nSPS) is 15.8. The number of rotatable bonds is 5. The quantitative estimate of drug-likeness (QED) is 0.772. The number of nitrogens with zero attached hydrogens (tertiary/aromatic N) is 3. The molecule has 4 heteroatoms. The third kappa shape index (κ3) is 3.46. The van der Waals surface area contributed by atoms with Crippen LogP contribution in [0, 0.1) is 5.92 Å². The van der Waals surface area contributed by atoms with Gasteiger partial charge in [-0.25, -0.2) is 0 Å². The lowest BCUT2D eigenvalue weighted by molar-refractivity contribution is 0.360. The predicted octanol–water partition coefficient (Wildman–Crippen LogP) is 1.30. The molecule has 0 fully saturated rings. The van der Waals surface area contributed by atoms with Crippen LogP contribution in [0.5, 0.6) is 0 Å². The van der Waals surface area contributed by atoms with E-state index in [2.05, 4.69) is 43.2 Å². The van der Waals surface area contributed by atoms with E-state index in [-0.39, 0.29) is 0 Å². The molecule has 0 amide bonds. The van der Waals surface area contributed by atoms with Gasteiger partial charge in [0.2, 0.25) is 0 Å². The number of hydrogen-bond donors (Lipinski definition) is 1. The topological polar surface area (TPSA) is 42.7 Å². The highest BCUT2D eigenvalue weighted by Crippen LogP contribution is 2.02. The summed E-state index contributed by atoms with van der Waals surface area (Å²) in [5.74, 6) is 0.665. The molecular weight excluding hydrogens is 176 g/mol. The second-order valence-corrected chi connectivity index (χ2v) is 4.26. The maximum Gasteiger partial charge on any atom is 0.119 e. The average molecular weight is 196 g/mol. The standard InChI is InChI=1S/C10H20N4/c1-8(2)10(4)13-9(3)5-14-6-11-12-7-14/h6-10,13H,5H2,1-4H3. The van der Waals surface area contributed by atoms with Crippen molar-refractivity contribution in [1.29, 1.82) is 0 Å². The molecule has 1 aromatic heterocycles. The molecule has 2 unspecified atom stereocenters. The Morgan fingerprint density at radius 1 is 1.14 bits per heavy atom. The molecule has 1 aromatic rings. The minimum Gasteiger partial charge on any atom is -0.319 e. The van der Waals surface area contributed by atoms with E-state index in [0.29, 0.717) is 18.0 Å². The van der Waals surface area contributed by atoms with E-state index in [0.717, 1.165) is 6.54 Å². The van der Waals surface area contributed by atoms with Gasteiger partial charge in [0.05, 0.1) is 0 Å². The van der Waals surface area contributed by atoms with Gasteiger partial charge in [-0.1, -0.05) is 13.8 Å². The number of aromatic nitrogens is 3. The molecule has 0 aliphatic rings. The Labute approximate surface area is 85.7 Å². The molecule has 14 heavy (non-hydrogen) atoms. The highest BCUT2D eigenvalue weighted by molar-refractivity contribution is 4.72. The summed E-state index contributed by atoms with van der Waals surface area (Å²) in [4.78, 5) is 0. The molecule has 0 aromatic carbocycles. The van der Waals surface area contributed by atoms with Crippen molar-refractivity contribution in [2.75, 3.05) is 0 Å². The van der Waals surface area contributed by atoms with Crippen molar-refractivity contribution in [2.24, 2.45) is 5.92 Å². The van der Waals surface area contributed by atoms with Gasteiger partial charge in [0.1, 0.15) is 12.7 Å². The first-order valence-electron chi connectivity index (χ1n) is 5.18. The van der Waals surface area contributed by atoms with Crippen LogP contribution in [-0.2, 0) is 6.54 Å². The van der Waals surface area contributed by atoms with E-state index < -0.39 is 0 Å². The third-order valence-corrected chi connectivity index (χ3v) is 2.50. The summed E-state index contributed by atoms with van der Waals surface area (Å²) in [6.07, 6.45) is 3.50. The molecule has 2 atom stereocenters. The van der Waals surface area contributed by atoms with Crippen LogP contribution in [0.3, 0.4) is 0 Å². The van der Waals surface area contributed by atoms with Gasteiger partial charge in [-0.3, -0.25) is 0 Å². The Bertz CT molecular complexity index is 243. The van der Waals surface area contributed by atoms with E-state index in [1.165, 1.54) is 0 Å². The molecule has 0 radical (unpaired) electrons. The molecule has 80 valence electrons. The van der Waals surface area contributed by atoms with Crippen molar-refractivity contribution >= 4 is 0 Å². The summed E-state index contributed by atoms with van der Waals surface area (Å²) >= 11 is 0. The molecule has 0 aliphatic carbocycles. The molecule has 0 spiro atoms. The first-order valence-corrected chi connectivity index (χ1v) is 5.18. The largest absolute Gasteiger partial charge is 0.319 e. The molecule has 1 N–H and O–H groups in total. The van der Waals surface area contributed by atoms with Gasteiger partial charge in [0.25, 0.3) is 0 Å². The van der Waals surface area contributed by atoms with Crippen molar-refractivity contribution in [1.82, 2.24) is 20.1 Å². The molecule has 4 nitrogen and oxygen atoms in total. The number of nitrogens with one attached hydrogen (secondary N) is 1. The van der Waals surface area contributed by atoms with Gasteiger partial charge in [0.15, 0.2) is 0 Å². The van der Waals surface area contributed by atoms with Crippen LogP contribution >= 0.6 is 0 Å². The lowest BCUT2D eigenvalue weighted by Crippen LogP contribution is -2.39. The van der Waals surface area contributed by atoms with Crippen molar-refractivity contribution in [2.45, 2.75) is 46.3 Å². The monoisotopic (exact) mass is 196 g/mol. The second kappa shape index (κ2) is 5.10. The Morgan fingerprint density at radius 3 is 2.21 bits per heavy atom. The third-order valence-electron chi connectivity index (χ3n) is 2.50. The van der Waals surface area contributed by atoms with Gasteiger partial charge >= 0.3 is 0 Å². The van der Waals surface area contributed by atoms with Gasteiger partial charge in [-0.2, -0.15) is 0 Å². The van der Waals surface area contributed by atoms with Crippen LogP contribution in [0.1, 0.15) is 27.7 Å².